The summed E-state index contributed by atoms with van der Waals surface area (Å²) in [7, 11) is 1.96. The number of fused-ring (bicyclic) bond motifs is 4. The second-order valence-corrected chi connectivity index (χ2v) is 4.70. The Hall–Kier alpha value is -1.16. The fourth-order valence-electron chi connectivity index (χ4n) is 2.90. The summed E-state index contributed by atoms with van der Waals surface area (Å²) in [5, 5.41) is 8.03. The van der Waals surface area contributed by atoms with Crippen LogP contribution in [0.1, 0.15) is 30.1 Å². The van der Waals surface area contributed by atoms with Crippen LogP contribution in [-0.2, 0) is 18.3 Å². The van der Waals surface area contributed by atoms with Crippen LogP contribution in [-0.4, -0.2) is 22.1 Å². The van der Waals surface area contributed by atoms with E-state index >= 15 is 0 Å². The first-order valence-corrected chi connectivity index (χ1v) is 5.50. The fraction of sp³-hybridized carbons (Fsp3) is 0.636. The van der Waals surface area contributed by atoms with Crippen molar-refractivity contribution in [1.82, 2.24) is 15.1 Å². The van der Waals surface area contributed by atoms with Crippen LogP contribution < -0.4 is 5.32 Å². The van der Waals surface area contributed by atoms with Crippen LogP contribution in [0.4, 0.5) is 0 Å². The Balaban J connectivity index is 1.97. The molecular formula is C11H15N3O. The molecule has 1 aromatic heterocycles. The molecule has 3 unspecified atom stereocenters. The summed E-state index contributed by atoms with van der Waals surface area (Å²) in [6.45, 7) is 0. The minimum Gasteiger partial charge on any atom is -0.305 e. The Kier molecular flexibility index (Phi) is 1.92. The molecule has 0 aliphatic carbocycles. The summed E-state index contributed by atoms with van der Waals surface area (Å²) >= 11 is 0. The lowest BCUT2D eigenvalue weighted by Crippen LogP contribution is -2.45. The number of nitrogens with zero attached hydrogens (tertiary/aromatic N) is 2. The average molecular weight is 205 g/mol. The van der Waals surface area contributed by atoms with Gasteiger partial charge in [0, 0.05) is 25.2 Å². The maximum atomic E-state index is 10.9. The van der Waals surface area contributed by atoms with Gasteiger partial charge in [-0.25, -0.2) is 0 Å². The Morgan fingerprint density at radius 3 is 3.27 bits per heavy atom. The molecule has 1 N–H and O–H groups in total. The van der Waals surface area contributed by atoms with E-state index in [9.17, 15) is 4.79 Å². The molecule has 0 spiro atoms. The van der Waals surface area contributed by atoms with Gasteiger partial charge in [-0.2, -0.15) is 5.10 Å². The predicted octanol–water partition coefficient (Wildman–Crippen LogP) is 0.584. The summed E-state index contributed by atoms with van der Waals surface area (Å²) in [6.07, 6.45) is 6.12. The summed E-state index contributed by atoms with van der Waals surface area (Å²) < 4.78 is 1.88. The summed E-state index contributed by atoms with van der Waals surface area (Å²) in [4.78, 5) is 10.9. The number of rotatable bonds is 1. The van der Waals surface area contributed by atoms with Gasteiger partial charge in [-0.05, 0) is 24.8 Å². The molecule has 0 amide bonds. The number of nitrogens with one attached hydrogen (secondary N) is 1. The van der Waals surface area contributed by atoms with Crippen molar-refractivity contribution in [3.8, 4) is 0 Å². The second-order valence-electron chi connectivity index (χ2n) is 4.70. The van der Waals surface area contributed by atoms with Crippen molar-refractivity contribution in [3.05, 3.63) is 17.5 Å². The Morgan fingerprint density at radius 2 is 2.47 bits per heavy atom. The minimum atomic E-state index is 0.219. The molecule has 4 nitrogen and oxygen atoms in total. The van der Waals surface area contributed by atoms with Gasteiger partial charge < -0.3 is 10.1 Å². The largest absolute Gasteiger partial charge is 0.305 e. The number of piperidine rings is 1. The third kappa shape index (κ3) is 1.40. The third-order valence-electron chi connectivity index (χ3n) is 3.49. The highest BCUT2D eigenvalue weighted by molar-refractivity contribution is 5.54. The van der Waals surface area contributed by atoms with Crippen LogP contribution in [0.3, 0.4) is 0 Å². The quantitative estimate of drug-likeness (QED) is 0.682. The SMILES string of the molecule is Cn1cc2c(n1)C1CC(C=O)CC(C2)N1. The van der Waals surface area contributed by atoms with Gasteiger partial charge in [0.1, 0.15) is 6.29 Å². The molecule has 1 saturated heterocycles. The molecule has 0 radical (unpaired) electrons. The van der Waals surface area contributed by atoms with Crippen molar-refractivity contribution >= 4 is 6.29 Å². The van der Waals surface area contributed by atoms with Gasteiger partial charge in [-0.15, -0.1) is 0 Å². The van der Waals surface area contributed by atoms with Gasteiger partial charge in [0.05, 0.1) is 11.7 Å². The lowest BCUT2D eigenvalue weighted by molar-refractivity contribution is -0.112. The zero-order chi connectivity index (χ0) is 10.4. The maximum Gasteiger partial charge on any atom is 0.123 e. The summed E-state index contributed by atoms with van der Waals surface area (Å²) in [5.41, 5.74) is 2.51. The topological polar surface area (TPSA) is 46.9 Å². The van der Waals surface area contributed by atoms with E-state index < -0.39 is 0 Å². The van der Waals surface area contributed by atoms with Gasteiger partial charge in [-0.1, -0.05) is 0 Å². The number of aldehydes is 1. The van der Waals surface area contributed by atoms with Crippen LogP contribution in [0.2, 0.25) is 0 Å². The molecule has 3 rings (SSSR count). The molecule has 0 saturated carbocycles. The van der Waals surface area contributed by atoms with Crippen LogP contribution in [0.15, 0.2) is 6.20 Å². The number of aromatic nitrogens is 2. The average Bonchev–Trinajstić information content (AvgIpc) is 2.58. The molecule has 2 bridgehead atoms. The number of hydrogen-bond donors (Lipinski definition) is 1. The lowest BCUT2D eigenvalue weighted by Gasteiger charge is -2.37. The molecular weight excluding hydrogens is 190 g/mol. The molecule has 3 heterocycles. The Bertz CT molecular complexity index is 399. The van der Waals surface area contributed by atoms with Crippen molar-refractivity contribution in [3.63, 3.8) is 0 Å². The normalized spacial score (nSPS) is 33.5. The van der Waals surface area contributed by atoms with Crippen LogP contribution in [0.25, 0.3) is 0 Å². The smallest absolute Gasteiger partial charge is 0.123 e. The van der Waals surface area contributed by atoms with E-state index in [1.807, 2.05) is 11.7 Å². The Morgan fingerprint density at radius 1 is 1.60 bits per heavy atom. The summed E-state index contributed by atoms with van der Waals surface area (Å²) in [5.74, 6) is 0.219. The molecule has 3 atom stereocenters. The zero-order valence-electron chi connectivity index (χ0n) is 8.81. The lowest BCUT2D eigenvalue weighted by atomic mass is 9.80. The zero-order valence-corrected chi connectivity index (χ0v) is 8.81. The monoisotopic (exact) mass is 205 g/mol. The van der Waals surface area contributed by atoms with Crippen molar-refractivity contribution in [2.45, 2.75) is 31.3 Å². The minimum absolute atomic E-state index is 0.219. The van der Waals surface area contributed by atoms with E-state index in [4.69, 9.17) is 0 Å². The van der Waals surface area contributed by atoms with Crippen molar-refractivity contribution in [2.75, 3.05) is 0 Å². The van der Waals surface area contributed by atoms with Crippen molar-refractivity contribution < 1.29 is 4.79 Å². The van der Waals surface area contributed by atoms with Crippen molar-refractivity contribution in [2.24, 2.45) is 13.0 Å². The molecule has 80 valence electrons. The number of aryl methyl sites for hydroxylation is 1. The molecule has 0 aromatic carbocycles. The van der Waals surface area contributed by atoms with Crippen LogP contribution >= 0.6 is 0 Å². The molecule has 2 aliphatic rings. The Labute approximate surface area is 88.7 Å². The summed E-state index contributed by atoms with van der Waals surface area (Å²) in [6, 6.07) is 0.763. The van der Waals surface area contributed by atoms with Gasteiger partial charge in [-0.3, -0.25) is 4.68 Å². The maximum absolute atomic E-state index is 10.9. The van der Waals surface area contributed by atoms with Gasteiger partial charge in [0.15, 0.2) is 0 Å². The predicted molar refractivity (Wildman–Crippen MR) is 55.4 cm³/mol. The second kappa shape index (κ2) is 3.17. The third-order valence-corrected chi connectivity index (χ3v) is 3.49. The molecule has 4 heteroatoms. The van der Waals surface area contributed by atoms with Crippen LogP contribution in [0, 0.1) is 5.92 Å². The first-order valence-electron chi connectivity index (χ1n) is 5.50. The number of carbonyl (C=O) groups excluding carboxylic acids is 1. The molecule has 15 heavy (non-hydrogen) atoms. The van der Waals surface area contributed by atoms with E-state index in [1.54, 1.807) is 0 Å². The molecule has 1 aromatic rings. The number of hydrogen-bond acceptors (Lipinski definition) is 3. The van der Waals surface area contributed by atoms with E-state index in [0.29, 0.717) is 12.1 Å². The highest BCUT2D eigenvalue weighted by atomic mass is 16.1. The van der Waals surface area contributed by atoms with E-state index in [-0.39, 0.29) is 5.92 Å². The van der Waals surface area contributed by atoms with E-state index in [0.717, 1.165) is 31.2 Å². The van der Waals surface area contributed by atoms with Gasteiger partial charge in [0.25, 0.3) is 0 Å². The van der Waals surface area contributed by atoms with E-state index in [2.05, 4.69) is 16.6 Å². The molecule has 2 aliphatic heterocycles. The van der Waals surface area contributed by atoms with E-state index in [1.165, 1.54) is 5.56 Å². The first kappa shape index (κ1) is 9.09. The molecule has 1 fully saturated rings. The van der Waals surface area contributed by atoms with Gasteiger partial charge in [0.2, 0.25) is 0 Å². The highest BCUT2D eigenvalue weighted by Gasteiger charge is 2.36. The fourth-order valence-corrected chi connectivity index (χ4v) is 2.90. The number of carbonyl (C=O) groups is 1. The first-order chi connectivity index (χ1) is 7.26. The van der Waals surface area contributed by atoms with Gasteiger partial charge >= 0.3 is 0 Å². The standard InChI is InChI=1S/C11H15N3O/c1-14-5-8-4-9-2-7(6-15)3-10(12-9)11(8)13-14/h5-7,9-10,12H,2-4H2,1H3. The van der Waals surface area contributed by atoms with Crippen LogP contribution in [0.5, 0.6) is 0 Å². The highest BCUT2D eigenvalue weighted by Crippen LogP contribution is 2.35. The van der Waals surface area contributed by atoms with Crippen molar-refractivity contribution in [1.29, 1.82) is 0 Å².